The van der Waals surface area contributed by atoms with Gasteiger partial charge in [-0.2, -0.15) is 0 Å². The number of likely N-dealkylation sites (tertiary alicyclic amines) is 1. The van der Waals surface area contributed by atoms with Crippen molar-refractivity contribution in [1.29, 1.82) is 0 Å². The second-order valence-electron chi connectivity index (χ2n) is 6.81. The number of esters is 1. The highest BCUT2D eigenvalue weighted by molar-refractivity contribution is 5.76. The highest BCUT2D eigenvalue weighted by atomic mass is 16.6. The minimum Gasteiger partial charge on any atom is -0.468 e. The van der Waals surface area contributed by atoms with E-state index in [4.69, 9.17) is 9.47 Å². The number of hydrogen-bond acceptors (Lipinski definition) is 5. The van der Waals surface area contributed by atoms with Crippen LogP contribution in [0.1, 0.15) is 33.6 Å². The minimum atomic E-state index is -0.477. The third-order valence-corrected chi connectivity index (χ3v) is 3.94. The van der Waals surface area contributed by atoms with Gasteiger partial charge in [0.25, 0.3) is 0 Å². The Kier molecular flexibility index (Phi) is 3.95. The van der Waals surface area contributed by atoms with Crippen molar-refractivity contribution >= 4 is 12.1 Å². The zero-order chi connectivity index (χ0) is 15.0. The molecule has 114 valence electrons. The summed E-state index contributed by atoms with van der Waals surface area (Å²) in [6.07, 6.45) is 1.35. The summed E-state index contributed by atoms with van der Waals surface area (Å²) in [7, 11) is 1.40. The van der Waals surface area contributed by atoms with Crippen molar-refractivity contribution in [2.24, 2.45) is 5.41 Å². The smallest absolute Gasteiger partial charge is 0.410 e. The number of carbonyl (C=O) groups is 2. The van der Waals surface area contributed by atoms with E-state index in [0.29, 0.717) is 13.1 Å². The standard InChI is InChI=1S/C14H24N2O4/c1-13(2,3)20-12(18)16-6-5-14(9-16)7-10(15-8-14)11(17)19-4/h10,15H,5-9H2,1-4H3. The molecule has 1 N–H and O–H groups in total. The van der Waals surface area contributed by atoms with E-state index in [0.717, 1.165) is 19.4 Å². The molecule has 2 rings (SSSR count). The van der Waals surface area contributed by atoms with E-state index in [-0.39, 0.29) is 23.5 Å². The fourth-order valence-electron chi connectivity index (χ4n) is 2.95. The van der Waals surface area contributed by atoms with Crippen LogP contribution < -0.4 is 5.32 Å². The molecule has 2 heterocycles. The fraction of sp³-hybridized carbons (Fsp3) is 0.857. The number of hydrogen-bond donors (Lipinski definition) is 1. The molecule has 6 nitrogen and oxygen atoms in total. The van der Waals surface area contributed by atoms with Gasteiger partial charge in [0.05, 0.1) is 7.11 Å². The van der Waals surface area contributed by atoms with Gasteiger partial charge in [0.15, 0.2) is 0 Å². The molecule has 0 aromatic carbocycles. The minimum absolute atomic E-state index is 0.0181. The normalized spacial score (nSPS) is 29.8. The Morgan fingerprint density at radius 3 is 2.65 bits per heavy atom. The molecule has 2 aliphatic heterocycles. The monoisotopic (exact) mass is 284 g/mol. The molecule has 2 aliphatic rings. The van der Waals surface area contributed by atoms with Crippen molar-refractivity contribution in [1.82, 2.24) is 10.2 Å². The summed E-state index contributed by atoms with van der Waals surface area (Å²) < 4.78 is 10.2. The summed E-state index contributed by atoms with van der Waals surface area (Å²) in [6.45, 7) is 7.66. The molecule has 6 heteroatoms. The van der Waals surface area contributed by atoms with E-state index in [1.54, 1.807) is 4.90 Å². The summed E-state index contributed by atoms with van der Waals surface area (Å²) in [5.74, 6) is -0.224. The van der Waals surface area contributed by atoms with Crippen LogP contribution in [-0.4, -0.2) is 55.3 Å². The zero-order valence-electron chi connectivity index (χ0n) is 12.7. The van der Waals surface area contributed by atoms with Crippen molar-refractivity contribution in [3.05, 3.63) is 0 Å². The third-order valence-electron chi connectivity index (χ3n) is 3.94. The van der Waals surface area contributed by atoms with Gasteiger partial charge in [-0.15, -0.1) is 0 Å². The Balaban J connectivity index is 1.93. The van der Waals surface area contributed by atoms with E-state index in [1.807, 2.05) is 20.8 Å². The molecule has 1 amide bonds. The molecule has 2 unspecified atom stereocenters. The molecular weight excluding hydrogens is 260 g/mol. The van der Waals surface area contributed by atoms with Gasteiger partial charge in [0, 0.05) is 25.0 Å². The lowest BCUT2D eigenvalue weighted by atomic mass is 9.85. The van der Waals surface area contributed by atoms with Crippen LogP contribution in [0.5, 0.6) is 0 Å². The molecule has 0 radical (unpaired) electrons. The lowest BCUT2D eigenvalue weighted by Crippen LogP contribution is -2.37. The quantitative estimate of drug-likeness (QED) is 0.732. The van der Waals surface area contributed by atoms with Gasteiger partial charge in [0.1, 0.15) is 11.6 Å². The van der Waals surface area contributed by atoms with Gasteiger partial charge >= 0.3 is 12.1 Å². The molecule has 1 spiro atoms. The first-order chi connectivity index (χ1) is 9.25. The summed E-state index contributed by atoms with van der Waals surface area (Å²) in [5, 5.41) is 3.19. The summed E-state index contributed by atoms with van der Waals surface area (Å²) in [4.78, 5) is 25.4. The number of carbonyl (C=O) groups excluding carboxylic acids is 2. The molecule has 0 bridgehead atoms. The number of rotatable bonds is 1. The van der Waals surface area contributed by atoms with Crippen LogP contribution in [0.15, 0.2) is 0 Å². The average Bonchev–Trinajstić information content (AvgIpc) is 2.95. The molecule has 2 fully saturated rings. The maximum Gasteiger partial charge on any atom is 0.410 e. The first kappa shape index (κ1) is 15.1. The number of amides is 1. The number of methoxy groups -OCH3 is 1. The van der Waals surface area contributed by atoms with Gasteiger partial charge in [-0.1, -0.05) is 0 Å². The topological polar surface area (TPSA) is 67.9 Å². The Hall–Kier alpha value is -1.30. The van der Waals surface area contributed by atoms with E-state index in [1.165, 1.54) is 7.11 Å². The van der Waals surface area contributed by atoms with Gasteiger partial charge in [-0.05, 0) is 33.6 Å². The van der Waals surface area contributed by atoms with Gasteiger partial charge in [0.2, 0.25) is 0 Å². The average molecular weight is 284 g/mol. The summed E-state index contributed by atoms with van der Waals surface area (Å²) in [5.41, 5.74) is -0.495. The third kappa shape index (κ3) is 3.23. The lowest BCUT2D eigenvalue weighted by Gasteiger charge is -2.26. The zero-order valence-corrected chi connectivity index (χ0v) is 12.7. The molecule has 0 aromatic heterocycles. The number of nitrogens with zero attached hydrogens (tertiary/aromatic N) is 1. The largest absolute Gasteiger partial charge is 0.468 e. The fourth-order valence-corrected chi connectivity index (χ4v) is 2.95. The Morgan fingerprint density at radius 1 is 1.35 bits per heavy atom. The van der Waals surface area contributed by atoms with Crippen LogP contribution in [0.3, 0.4) is 0 Å². The SMILES string of the molecule is COC(=O)C1CC2(CCN(C(=O)OC(C)(C)C)C2)CN1. The maximum absolute atomic E-state index is 12.1. The predicted octanol–water partition coefficient (Wildman–Crippen LogP) is 1.15. The lowest BCUT2D eigenvalue weighted by molar-refractivity contribution is -0.142. The molecular formula is C14H24N2O4. The van der Waals surface area contributed by atoms with Gasteiger partial charge in [-0.25, -0.2) is 4.79 Å². The first-order valence-electron chi connectivity index (χ1n) is 7.04. The van der Waals surface area contributed by atoms with Crippen molar-refractivity contribution in [2.45, 2.75) is 45.3 Å². The van der Waals surface area contributed by atoms with E-state index in [9.17, 15) is 9.59 Å². The second-order valence-corrected chi connectivity index (χ2v) is 6.81. The van der Waals surface area contributed by atoms with Crippen molar-refractivity contribution < 1.29 is 19.1 Å². The van der Waals surface area contributed by atoms with Crippen LogP contribution in [-0.2, 0) is 14.3 Å². The molecule has 20 heavy (non-hydrogen) atoms. The number of nitrogens with one attached hydrogen (secondary N) is 1. The van der Waals surface area contributed by atoms with Crippen molar-refractivity contribution in [3.8, 4) is 0 Å². The maximum atomic E-state index is 12.1. The second kappa shape index (κ2) is 5.24. The van der Waals surface area contributed by atoms with Crippen LogP contribution in [0.4, 0.5) is 4.79 Å². The summed E-state index contributed by atoms with van der Waals surface area (Å²) in [6, 6.07) is -0.251. The number of ether oxygens (including phenoxy) is 2. The van der Waals surface area contributed by atoms with Crippen LogP contribution in [0.2, 0.25) is 0 Å². The highest BCUT2D eigenvalue weighted by Crippen LogP contribution is 2.39. The predicted molar refractivity (Wildman–Crippen MR) is 73.3 cm³/mol. The molecule has 0 aliphatic carbocycles. The Labute approximate surface area is 119 Å². The van der Waals surface area contributed by atoms with Gasteiger partial charge in [-0.3, -0.25) is 4.79 Å². The molecule has 2 saturated heterocycles. The Morgan fingerprint density at radius 2 is 2.05 bits per heavy atom. The molecule has 0 aromatic rings. The van der Waals surface area contributed by atoms with Crippen LogP contribution >= 0.6 is 0 Å². The first-order valence-corrected chi connectivity index (χ1v) is 7.04. The Bertz CT molecular complexity index is 404. The van der Waals surface area contributed by atoms with Gasteiger partial charge < -0.3 is 19.7 Å². The van der Waals surface area contributed by atoms with E-state index in [2.05, 4.69) is 5.32 Å². The molecule has 0 saturated carbocycles. The molecule has 2 atom stereocenters. The van der Waals surface area contributed by atoms with Crippen molar-refractivity contribution in [3.63, 3.8) is 0 Å². The van der Waals surface area contributed by atoms with E-state index < -0.39 is 5.60 Å². The van der Waals surface area contributed by atoms with Crippen molar-refractivity contribution in [2.75, 3.05) is 26.7 Å². The van der Waals surface area contributed by atoms with E-state index >= 15 is 0 Å². The highest BCUT2D eigenvalue weighted by Gasteiger charge is 2.48. The van der Waals surface area contributed by atoms with Crippen LogP contribution in [0.25, 0.3) is 0 Å². The summed E-state index contributed by atoms with van der Waals surface area (Å²) >= 11 is 0. The van der Waals surface area contributed by atoms with Crippen LogP contribution in [0, 0.1) is 5.41 Å².